The van der Waals surface area contributed by atoms with Gasteiger partial charge in [0.25, 0.3) is 0 Å². The van der Waals surface area contributed by atoms with Gasteiger partial charge in [-0.15, -0.1) is 0 Å². The molecule has 1 amide bonds. The summed E-state index contributed by atoms with van der Waals surface area (Å²) < 4.78 is 1.63. The van der Waals surface area contributed by atoms with Gasteiger partial charge in [0.1, 0.15) is 6.04 Å². The van der Waals surface area contributed by atoms with Crippen LogP contribution in [0.2, 0.25) is 0 Å². The van der Waals surface area contributed by atoms with Crippen molar-refractivity contribution in [2.75, 3.05) is 6.54 Å². The van der Waals surface area contributed by atoms with Crippen LogP contribution in [0.3, 0.4) is 0 Å². The highest BCUT2D eigenvalue weighted by Crippen LogP contribution is 2.14. The molecule has 2 rings (SSSR count). The molecule has 0 saturated carbocycles. The Morgan fingerprint density at radius 2 is 2.05 bits per heavy atom. The third kappa shape index (κ3) is 3.45. The van der Waals surface area contributed by atoms with E-state index < -0.39 is 6.04 Å². The molecule has 20 heavy (non-hydrogen) atoms. The summed E-state index contributed by atoms with van der Waals surface area (Å²) in [6, 6.07) is 9.40. The second-order valence-corrected chi connectivity index (χ2v) is 4.98. The molecule has 0 fully saturated rings. The first-order valence-corrected chi connectivity index (χ1v) is 6.64. The van der Waals surface area contributed by atoms with Gasteiger partial charge in [0.05, 0.1) is 6.20 Å². The van der Waals surface area contributed by atoms with E-state index in [-0.39, 0.29) is 11.8 Å². The molecule has 3 N–H and O–H groups in total. The lowest BCUT2D eigenvalue weighted by molar-refractivity contribution is -0.122. The average Bonchev–Trinajstić information content (AvgIpc) is 2.91. The van der Waals surface area contributed by atoms with Crippen LogP contribution in [0.25, 0.3) is 0 Å². The smallest absolute Gasteiger partial charge is 0.241 e. The molecule has 0 aliphatic carbocycles. The maximum atomic E-state index is 12.0. The quantitative estimate of drug-likeness (QED) is 0.862. The minimum Gasteiger partial charge on any atom is -0.354 e. The Morgan fingerprint density at radius 1 is 1.35 bits per heavy atom. The zero-order valence-electron chi connectivity index (χ0n) is 11.8. The summed E-state index contributed by atoms with van der Waals surface area (Å²) in [5.74, 6) is 0.0713. The van der Waals surface area contributed by atoms with E-state index in [9.17, 15) is 4.79 Å². The van der Waals surface area contributed by atoms with Crippen LogP contribution in [0.1, 0.15) is 30.0 Å². The Balaban J connectivity index is 1.89. The van der Waals surface area contributed by atoms with E-state index in [1.807, 2.05) is 18.2 Å². The van der Waals surface area contributed by atoms with Gasteiger partial charge in [-0.1, -0.05) is 37.3 Å². The van der Waals surface area contributed by atoms with Crippen LogP contribution in [-0.4, -0.2) is 22.2 Å². The number of nitrogens with zero attached hydrogens (tertiary/aromatic N) is 2. The highest BCUT2D eigenvalue weighted by atomic mass is 16.2. The number of amides is 1. The number of benzene rings is 1. The Morgan fingerprint density at radius 3 is 2.65 bits per heavy atom. The van der Waals surface area contributed by atoms with Crippen molar-refractivity contribution in [3.8, 4) is 0 Å². The van der Waals surface area contributed by atoms with Gasteiger partial charge >= 0.3 is 0 Å². The van der Waals surface area contributed by atoms with Crippen LogP contribution in [-0.2, 0) is 11.8 Å². The van der Waals surface area contributed by atoms with Crippen LogP contribution in [0.4, 0.5) is 0 Å². The van der Waals surface area contributed by atoms with Crippen LogP contribution >= 0.6 is 0 Å². The van der Waals surface area contributed by atoms with E-state index in [2.05, 4.69) is 29.5 Å². The van der Waals surface area contributed by atoms with E-state index in [1.165, 1.54) is 5.56 Å². The van der Waals surface area contributed by atoms with Gasteiger partial charge in [-0.25, -0.2) is 0 Å². The van der Waals surface area contributed by atoms with Crippen molar-refractivity contribution in [2.45, 2.75) is 18.9 Å². The summed E-state index contributed by atoms with van der Waals surface area (Å²) >= 11 is 0. The summed E-state index contributed by atoms with van der Waals surface area (Å²) in [7, 11) is 1.80. The Kier molecular flexibility index (Phi) is 4.53. The van der Waals surface area contributed by atoms with Gasteiger partial charge in [-0.05, 0) is 11.5 Å². The largest absolute Gasteiger partial charge is 0.354 e. The van der Waals surface area contributed by atoms with Gasteiger partial charge in [0.2, 0.25) is 5.91 Å². The molecule has 2 atom stereocenters. The molecule has 2 aromatic rings. The molecule has 106 valence electrons. The fraction of sp³-hybridized carbons (Fsp3) is 0.333. The van der Waals surface area contributed by atoms with Gasteiger partial charge in [0.15, 0.2) is 0 Å². The lowest BCUT2D eigenvalue weighted by Gasteiger charge is -2.15. The molecule has 1 aromatic heterocycles. The number of nitrogens with two attached hydrogens (primary N) is 1. The number of carbonyl (C=O) groups is 1. The van der Waals surface area contributed by atoms with E-state index in [0.717, 1.165) is 5.56 Å². The van der Waals surface area contributed by atoms with Crippen molar-refractivity contribution in [1.82, 2.24) is 15.1 Å². The zero-order chi connectivity index (χ0) is 14.5. The van der Waals surface area contributed by atoms with Crippen LogP contribution in [0.15, 0.2) is 42.7 Å². The highest BCUT2D eigenvalue weighted by Gasteiger charge is 2.17. The first-order chi connectivity index (χ1) is 9.58. The Bertz CT molecular complexity index is 564. The molecule has 0 bridgehead atoms. The van der Waals surface area contributed by atoms with Crippen LogP contribution in [0, 0.1) is 0 Å². The van der Waals surface area contributed by atoms with E-state index in [4.69, 9.17) is 5.73 Å². The van der Waals surface area contributed by atoms with Gasteiger partial charge < -0.3 is 11.1 Å². The van der Waals surface area contributed by atoms with E-state index >= 15 is 0 Å². The standard InChI is InChI=1S/C15H20N4O/c1-11(12-6-4-3-5-7-12)8-17-15(20)14(16)13-9-18-19(2)10-13/h3-7,9-11,14H,8,16H2,1-2H3,(H,17,20). The maximum Gasteiger partial charge on any atom is 0.241 e. The predicted molar refractivity (Wildman–Crippen MR) is 78.0 cm³/mol. The molecule has 5 nitrogen and oxygen atoms in total. The lowest BCUT2D eigenvalue weighted by atomic mass is 10.0. The number of aryl methyl sites for hydroxylation is 1. The zero-order valence-corrected chi connectivity index (χ0v) is 11.8. The second kappa shape index (κ2) is 6.34. The maximum absolute atomic E-state index is 12.0. The van der Waals surface area contributed by atoms with Crippen molar-refractivity contribution < 1.29 is 4.79 Å². The van der Waals surface area contributed by atoms with Crippen molar-refractivity contribution in [3.63, 3.8) is 0 Å². The number of hydrogen-bond acceptors (Lipinski definition) is 3. The topological polar surface area (TPSA) is 72.9 Å². The molecule has 0 aliphatic heterocycles. The molecule has 0 saturated heterocycles. The van der Waals surface area contributed by atoms with Gasteiger partial charge in [-0.2, -0.15) is 5.10 Å². The first-order valence-electron chi connectivity index (χ1n) is 6.64. The number of aromatic nitrogens is 2. The molecule has 0 aliphatic rings. The Hall–Kier alpha value is -2.14. The molecular weight excluding hydrogens is 252 g/mol. The number of nitrogens with one attached hydrogen (secondary N) is 1. The minimum atomic E-state index is -0.674. The summed E-state index contributed by atoms with van der Waals surface area (Å²) in [6.07, 6.45) is 3.37. The third-order valence-corrected chi connectivity index (χ3v) is 3.32. The SMILES string of the molecule is CC(CNC(=O)C(N)c1cnn(C)c1)c1ccccc1. The monoisotopic (exact) mass is 272 g/mol. The van der Waals surface area contributed by atoms with E-state index in [1.54, 1.807) is 24.1 Å². The summed E-state index contributed by atoms with van der Waals surface area (Å²) in [5, 5.41) is 6.91. The molecule has 0 spiro atoms. The molecule has 5 heteroatoms. The Labute approximate surface area is 118 Å². The summed E-state index contributed by atoms with van der Waals surface area (Å²) in [6.45, 7) is 2.64. The fourth-order valence-electron chi connectivity index (χ4n) is 2.02. The minimum absolute atomic E-state index is 0.180. The fourth-order valence-corrected chi connectivity index (χ4v) is 2.02. The number of hydrogen-bond donors (Lipinski definition) is 2. The normalized spacial score (nSPS) is 13.8. The third-order valence-electron chi connectivity index (χ3n) is 3.32. The molecule has 1 aromatic carbocycles. The first kappa shape index (κ1) is 14.3. The molecule has 0 radical (unpaired) electrons. The van der Waals surface area contributed by atoms with E-state index in [0.29, 0.717) is 6.54 Å². The average molecular weight is 272 g/mol. The highest BCUT2D eigenvalue weighted by molar-refractivity contribution is 5.82. The summed E-state index contributed by atoms with van der Waals surface area (Å²) in [4.78, 5) is 12.0. The number of carbonyl (C=O) groups excluding carboxylic acids is 1. The van der Waals surface area contributed by atoms with Crippen molar-refractivity contribution in [3.05, 3.63) is 53.9 Å². The van der Waals surface area contributed by atoms with Gasteiger partial charge in [-0.3, -0.25) is 9.48 Å². The van der Waals surface area contributed by atoms with Crippen LogP contribution < -0.4 is 11.1 Å². The van der Waals surface area contributed by atoms with Crippen molar-refractivity contribution in [2.24, 2.45) is 12.8 Å². The molecular formula is C15H20N4O. The lowest BCUT2D eigenvalue weighted by Crippen LogP contribution is -2.35. The van der Waals surface area contributed by atoms with Gasteiger partial charge in [0, 0.05) is 25.4 Å². The summed E-state index contributed by atoms with van der Waals surface area (Å²) in [5.41, 5.74) is 7.83. The second-order valence-electron chi connectivity index (χ2n) is 4.98. The van der Waals surface area contributed by atoms with Crippen molar-refractivity contribution >= 4 is 5.91 Å². The van der Waals surface area contributed by atoms with Crippen molar-refractivity contribution in [1.29, 1.82) is 0 Å². The van der Waals surface area contributed by atoms with Crippen LogP contribution in [0.5, 0.6) is 0 Å². The molecule has 2 unspecified atom stereocenters. The molecule has 1 heterocycles. The predicted octanol–water partition coefficient (Wildman–Crippen LogP) is 1.34. The number of rotatable bonds is 5.